The van der Waals surface area contributed by atoms with Gasteiger partial charge in [0.2, 0.25) is 0 Å². The third kappa shape index (κ3) is 17.0. The molecule has 0 radical (unpaired) electrons. The first-order chi connectivity index (χ1) is 21.5. The number of amides is 2. The minimum absolute atomic E-state index is 0.120. The van der Waals surface area contributed by atoms with Gasteiger partial charge in [0.25, 0.3) is 5.91 Å². The number of carboxylic acid groups (broad SMARTS) is 1. The van der Waals surface area contributed by atoms with Crippen LogP contribution in [0.5, 0.6) is 0 Å². The number of carboxylic acids is 1. The van der Waals surface area contributed by atoms with Crippen LogP contribution in [0.25, 0.3) is 0 Å². The van der Waals surface area contributed by atoms with Gasteiger partial charge >= 0.3 is 24.2 Å². The second-order valence-corrected chi connectivity index (χ2v) is 10.4. The summed E-state index contributed by atoms with van der Waals surface area (Å²) in [6.45, 7) is 6.53. The second kappa shape index (κ2) is 19.6. The molecule has 1 aliphatic heterocycles. The fourth-order valence-corrected chi connectivity index (χ4v) is 3.22. The van der Waals surface area contributed by atoms with Crippen molar-refractivity contribution < 1.29 is 56.6 Å². The fourth-order valence-electron chi connectivity index (χ4n) is 3.22. The van der Waals surface area contributed by atoms with Crippen LogP contribution < -0.4 is 11.1 Å². The van der Waals surface area contributed by atoms with Crippen molar-refractivity contribution in [1.29, 1.82) is 0 Å². The summed E-state index contributed by atoms with van der Waals surface area (Å²) in [5.41, 5.74) is 6.94. The van der Waals surface area contributed by atoms with Gasteiger partial charge in [-0.2, -0.15) is 13.2 Å². The van der Waals surface area contributed by atoms with Gasteiger partial charge in [0.05, 0.1) is 19.7 Å². The number of hydrogen-bond donors (Lipinski definition) is 3. The van der Waals surface area contributed by atoms with Crippen LogP contribution in [0.2, 0.25) is 0 Å². The Morgan fingerprint density at radius 2 is 1.57 bits per heavy atom. The van der Waals surface area contributed by atoms with E-state index in [0.29, 0.717) is 26.2 Å². The number of ether oxygens (including phenoxy) is 2. The first-order valence-corrected chi connectivity index (χ1v) is 13.8. The number of nitrogens with zero attached hydrogens (tertiary/aromatic N) is 2. The third-order valence-corrected chi connectivity index (χ3v) is 5.42. The number of rotatable bonds is 10. The molecule has 0 unspecified atom stereocenters. The van der Waals surface area contributed by atoms with Crippen molar-refractivity contribution in [2.24, 2.45) is 10.9 Å². The molecule has 254 valence electrons. The molecule has 2 aromatic carbocycles. The van der Waals surface area contributed by atoms with Gasteiger partial charge in [-0.05, 0) is 38.3 Å². The molecule has 2 aromatic rings. The highest BCUT2D eigenvalue weighted by atomic mass is 19.4. The summed E-state index contributed by atoms with van der Waals surface area (Å²) in [5, 5.41) is 14.7. The highest BCUT2D eigenvalue weighted by Crippen LogP contribution is 2.13. The lowest BCUT2D eigenvalue weighted by atomic mass is 10.2. The van der Waals surface area contributed by atoms with Crippen LogP contribution in [0.1, 0.15) is 44.7 Å². The lowest BCUT2D eigenvalue weighted by Gasteiger charge is -2.22. The molecule has 1 fully saturated rings. The van der Waals surface area contributed by atoms with E-state index in [2.05, 4.69) is 15.2 Å². The van der Waals surface area contributed by atoms with Crippen molar-refractivity contribution in [2.45, 2.75) is 70.7 Å². The number of benzene rings is 2. The summed E-state index contributed by atoms with van der Waals surface area (Å²) >= 11 is 0. The number of alkyl halides is 3. The SMILES string of the molecule is COC(=O)[C@H](CC=NOCc1ccccc1)NC(=O)OC(C)(C)C.N[C@H]1CCN(OCc2ccccc2)C1=O.O=C(O)C(F)(F)F. The number of oxime groups is 1. The maximum atomic E-state index is 11.7. The molecule has 0 bridgehead atoms. The Bertz CT molecular complexity index is 1260. The average molecular weight is 657 g/mol. The van der Waals surface area contributed by atoms with Crippen molar-refractivity contribution in [3.05, 3.63) is 71.8 Å². The summed E-state index contributed by atoms with van der Waals surface area (Å²) in [4.78, 5) is 54.3. The molecule has 46 heavy (non-hydrogen) atoms. The number of nitrogens with two attached hydrogens (primary N) is 1. The quantitative estimate of drug-likeness (QED) is 0.193. The van der Waals surface area contributed by atoms with Gasteiger partial charge in [0, 0.05) is 12.6 Å². The van der Waals surface area contributed by atoms with Gasteiger partial charge in [-0.15, -0.1) is 0 Å². The van der Waals surface area contributed by atoms with E-state index in [1.54, 1.807) is 20.8 Å². The fraction of sp³-hybridized carbons (Fsp3) is 0.433. The van der Waals surface area contributed by atoms with Crippen molar-refractivity contribution in [2.75, 3.05) is 13.7 Å². The molecule has 0 spiro atoms. The molecule has 16 heteroatoms. The van der Waals surface area contributed by atoms with E-state index < -0.39 is 35.9 Å². The van der Waals surface area contributed by atoms with E-state index in [4.69, 9.17) is 30.0 Å². The molecule has 0 aromatic heterocycles. The molecule has 4 N–H and O–H groups in total. The zero-order valence-corrected chi connectivity index (χ0v) is 25.9. The smallest absolute Gasteiger partial charge is 0.475 e. The number of halogens is 3. The first kappa shape index (κ1) is 39.3. The average Bonchev–Trinajstić information content (AvgIpc) is 3.31. The highest BCUT2D eigenvalue weighted by molar-refractivity contribution is 5.84. The van der Waals surface area contributed by atoms with E-state index in [1.165, 1.54) is 18.4 Å². The Hall–Kier alpha value is -4.70. The van der Waals surface area contributed by atoms with Crippen LogP contribution >= 0.6 is 0 Å². The summed E-state index contributed by atoms with van der Waals surface area (Å²) in [6.07, 6.45) is -3.58. The minimum atomic E-state index is -5.08. The molecule has 2 amide bonds. The van der Waals surface area contributed by atoms with Gasteiger partial charge in [0.1, 0.15) is 24.9 Å². The number of hydroxylamine groups is 2. The molecule has 1 heterocycles. The van der Waals surface area contributed by atoms with Crippen LogP contribution in [-0.4, -0.2) is 77.8 Å². The summed E-state index contributed by atoms with van der Waals surface area (Å²) in [7, 11) is 1.25. The molecular formula is C30H39F3N4O9. The zero-order valence-electron chi connectivity index (χ0n) is 25.9. The predicted molar refractivity (Wildman–Crippen MR) is 159 cm³/mol. The van der Waals surface area contributed by atoms with Crippen LogP contribution in [0, 0.1) is 0 Å². The second-order valence-electron chi connectivity index (χ2n) is 10.4. The minimum Gasteiger partial charge on any atom is -0.475 e. The number of carbonyl (C=O) groups excluding carboxylic acids is 3. The largest absolute Gasteiger partial charge is 0.490 e. The van der Waals surface area contributed by atoms with Crippen molar-refractivity contribution in [1.82, 2.24) is 10.4 Å². The van der Waals surface area contributed by atoms with Crippen molar-refractivity contribution in [3.8, 4) is 0 Å². The van der Waals surface area contributed by atoms with Crippen LogP contribution in [0.3, 0.4) is 0 Å². The standard InChI is InChI=1S/C17H24N2O5.C11H14N2O2.C2HF3O2/c1-17(2,3)24-16(21)19-14(15(20)22-4)10-11-18-23-12-13-8-6-5-7-9-13;12-10-6-7-13(11(10)14)15-8-9-4-2-1-3-5-9;3-2(4,5)1(6)7/h5-9,11,14H,10,12H2,1-4H3,(H,19,21);1-5,10H,6-8,12H2;(H,6,7)/t14-;10-;/m00./s1. The monoisotopic (exact) mass is 656 g/mol. The van der Waals surface area contributed by atoms with Crippen LogP contribution in [-0.2, 0) is 46.7 Å². The summed E-state index contributed by atoms with van der Waals surface area (Å²) in [6, 6.07) is 18.0. The van der Waals surface area contributed by atoms with E-state index in [1.807, 2.05) is 60.7 Å². The van der Waals surface area contributed by atoms with Crippen LogP contribution in [0.15, 0.2) is 65.8 Å². The van der Waals surface area contributed by atoms with E-state index in [-0.39, 0.29) is 18.4 Å². The molecule has 13 nitrogen and oxygen atoms in total. The Labute approximate surface area is 264 Å². The lowest BCUT2D eigenvalue weighted by Crippen LogP contribution is -2.44. The van der Waals surface area contributed by atoms with Crippen molar-refractivity contribution >= 4 is 30.2 Å². The highest BCUT2D eigenvalue weighted by Gasteiger charge is 2.38. The van der Waals surface area contributed by atoms with Gasteiger partial charge in [-0.3, -0.25) is 9.63 Å². The number of methoxy groups -OCH3 is 1. The first-order valence-electron chi connectivity index (χ1n) is 13.8. The molecule has 1 aliphatic rings. The van der Waals surface area contributed by atoms with E-state index in [0.717, 1.165) is 11.1 Å². The van der Waals surface area contributed by atoms with Gasteiger partial charge in [0.15, 0.2) is 0 Å². The Morgan fingerprint density at radius 1 is 1.04 bits per heavy atom. The van der Waals surface area contributed by atoms with Crippen LogP contribution in [0.4, 0.5) is 18.0 Å². The maximum Gasteiger partial charge on any atom is 0.490 e. The molecule has 2 atom stereocenters. The molecule has 0 aliphatic carbocycles. The van der Waals surface area contributed by atoms with Crippen molar-refractivity contribution in [3.63, 3.8) is 0 Å². The summed E-state index contributed by atoms with van der Waals surface area (Å²) < 4.78 is 41.5. The number of aliphatic carboxylic acids is 1. The lowest BCUT2D eigenvalue weighted by molar-refractivity contribution is -0.192. The maximum absolute atomic E-state index is 11.7. The Kier molecular flexibility index (Phi) is 16.8. The predicted octanol–water partition coefficient (Wildman–Crippen LogP) is 3.96. The topological polar surface area (TPSA) is 179 Å². The molecular weight excluding hydrogens is 617 g/mol. The van der Waals surface area contributed by atoms with E-state index >= 15 is 0 Å². The van der Waals surface area contributed by atoms with E-state index in [9.17, 15) is 27.6 Å². The normalized spacial score (nSPS) is 15.1. The Balaban J connectivity index is 0.000000405. The number of alkyl carbamates (subject to hydrolysis) is 1. The third-order valence-electron chi connectivity index (χ3n) is 5.42. The molecule has 3 rings (SSSR count). The number of carbonyl (C=O) groups is 4. The number of hydrogen-bond acceptors (Lipinski definition) is 10. The number of nitrogens with one attached hydrogen (secondary N) is 1. The van der Waals surface area contributed by atoms with Gasteiger partial charge in [-0.25, -0.2) is 19.4 Å². The summed E-state index contributed by atoms with van der Waals surface area (Å²) in [5.74, 6) is -3.46. The molecule has 0 saturated carbocycles. The number of esters is 1. The van der Waals surface area contributed by atoms with Gasteiger partial charge < -0.3 is 30.5 Å². The molecule has 1 saturated heterocycles. The van der Waals surface area contributed by atoms with Gasteiger partial charge in [-0.1, -0.05) is 65.8 Å². The Morgan fingerprint density at radius 3 is 2.00 bits per heavy atom. The zero-order chi connectivity index (χ0) is 34.8.